The largest absolute Gasteiger partial charge is 0.478 e. The van der Waals surface area contributed by atoms with E-state index in [1.807, 2.05) is 53.3 Å². The van der Waals surface area contributed by atoms with Crippen LogP contribution in [0.3, 0.4) is 0 Å². The van der Waals surface area contributed by atoms with Gasteiger partial charge in [0.15, 0.2) is 0 Å². The number of carboxylic acids is 1. The predicted molar refractivity (Wildman–Crippen MR) is 122 cm³/mol. The molecule has 0 unspecified atom stereocenters. The summed E-state index contributed by atoms with van der Waals surface area (Å²) in [5.41, 5.74) is 4.13. The highest BCUT2D eigenvalue weighted by Gasteiger charge is 2.29. The lowest BCUT2D eigenvalue weighted by molar-refractivity contribution is -0.118. The molecular weight excluding hydrogens is 460 g/mol. The second-order valence-corrected chi connectivity index (χ2v) is 9.22. The number of fused-ring (bicyclic) bond motifs is 3. The molecule has 0 heterocycles. The van der Waals surface area contributed by atoms with Gasteiger partial charge in [-0.3, -0.25) is 4.79 Å². The van der Waals surface area contributed by atoms with E-state index in [2.05, 4.69) is 5.32 Å². The van der Waals surface area contributed by atoms with Crippen LogP contribution >= 0.6 is 0 Å². The Labute approximate surface area is 195 Å². The molecule has 10 heteroatoms. The van der Waals surface area contributed by atoms with Crippen LogP contribution in [0.2, 0.25) is 0 Å². The van der Waals surface area contributed by atoms with Gasteiger partial charge in [0, 0.05) is 5.92 Å². The Kier molecular flexibility index (Phi) is 6.33. The molecule has 174 valence electrons. The van der Waals surface area contributed by atoms with Gasteiger partial charge < -0.3 is 15.2 Å². The third kappa shape index (κ3) is 4.76. The molecule has 0 aliphatic heterocycles. The zero-order chi connectivity index (χ0) is 24.3. The number of hydrogen-bond donors (Lipinski definition) is 3. The van der Waals surface area contributed by atoms with Crippen LogP contribution in [-0.2, 0) is 19.6 Å². The molecule has 0 saturated heterocycles. The van der Waals surface area contributed by atoms with E-state index in [0.717, 1.165) is 46.5 Å². The quantitative estimate of drug-likeness (QED) is 0.472. The Morgan fingerprint density at radius 2 is 1.41 bits per heavy atom. The molecule has 34 heavy (non-hydrogen) atoms. The number of sulfonamides is 1. The molecule has 3 aromatic rings. The van der Waals surface area contributed by atoms with Crippen LogP contribution in [0.4, 0.5) is 4.79 Å². The molecule has 0 radical (unpaired) electrons. The van der Waals surface area contributed by atoms with Crippen LogP contribution in [0.5, 0.6) is 0 Å². The number of aromatic carboxylic acids is 1. The van der Waals surface area contributed by atoms with Crippen molar-refractivity contribution in [2.45, 2.75) is 10.8 Å². The van der Waals surface area contributed by atoms with Crippen molar-refractivity contribution in [1.82, 2.24) is 10.0 Å². The SMILES string of the molecule is O=C(CNC(=O)OCC1c2ccccc2-c2ccccc21)NS(=O)(=O)c1ccc(C(=O)O)cc1. The lowest BCUT2D eigenvalue weighted by atomic mass is 9.98. The third-order valence-corrected chi connectivity index (χ3v) is 6.79. The number of carbonyl (C=O) groups is 3. The van der Waals surface area contributed by atoms with E-state index in [9.17, 15) is 22.8 Å². The number of nitrogens with one attached hydrogen (secondary N) is 2. The zero-order valence-corrected chi connectivity index (χ0v) is 18.5. The van der Waals surface area contributed by atoms with Crippen molar-refractivity contribution >= 4 is 28.0 Å². The zero-order valence-electron chi connectivity index (χ0n) is 17.7. The summed E-state index contributed by atoms with van der Waals surface area (Å²) < 4.78 is 31.7. The maximum absolute atomic E-state index is 12.3. The van der Waals surface area contributed by atoms with E-state index >= 15 is 0 Å². The molecule has 1 aliphatic carbocycles. The lowest BCUT2D eigenvalue weighted by Gasteiger charge is -2.14. The van der Waals surface area contributed by atoms with Gasteiger partial charge in [0.05, 0.1) is 10.5 Å². The average molecular weight is 480 g/mol. The number of carboxylic acid groups (broad SMARTS) is 1. The van der Waals surface area contributed by atoms with Crippen molar-refractivity contribution < 1.29 is 32.6 Å². The Morgan fingerprint density at radius 1 is 0.853 bits per heavy atom. The van der Waals surface area contributed by atoms with E-state index in [1.54, 1.807) is 0 Å². The van der Waals surface area contributed by atoms with Gasteiger partial charge in [-0.15, -0.1) is 0 Å². The fraction of sp³-hybridized carbons (Fsp3) is 0.125. The summed E-state index contributed by atoms with van der Waals surface area (Å²) in [4.78, 5) is 34.8. The molecule has 0 spiro atoms. The number of amides is 2. The maximum atomic E-state index is 12.3. The molecular formula is C24H20N2O7S. The Balaban J connectivity index is 1.31. The van der Waals surface area contributed by atoms with Gasteiger partial charge in [0.2, 0.25) is 0 Å². The van der Waals surface area contributed by atoms with Crippen LogP contribution < -0.4 is 10.0 Å². The Bertz CT molecular complexity index is 1320. The highest BCUT2D eigenvalue weighted by Crippen LogP contribution is 2.44. The normalized spacial score (nSPS) is 12.4. The first kappa shape index (κ1) is 23.0. The first-order chi connectivity index (χ1) is 16.3. The molecule has 3 N–H and O–H groups in total. The number of alkyl carbamates (subject to hydrolysis) is 1. The first-order valence-electron chi connectivity index (χ1n) is 10.2. The van der Waals surface area contributed by atoms with Crippen LogP contribution in [0.25, 0.3) is 11.1 Å². The van der Waals surface area contributed by atoms with Gasteiger partial charge in [-0.05, 0) is 46.5 Å². The first-order valence-corrected chi connectivity index (χ1v) is 11.7. The second kappa shape index (κ2) is 9.36. The summed E-state index contributed by atoms with van der Waals surface area (Å²) in [5, 5.41) is 11.1. The predicted octanol–water partition coefficient (Wildman–Crippen LogP) is 2.73. The summed E-state index contributed by atoms with van der Waals surface area (Å²) >= 11 is 0. The van der Waals surface area contributed by atoms with Crippen molar-refractivity contribution in [3.63, 3.8) is 0 Å². The van der Waals surface area contributed by atoms with Crippen molar-refractivity contribution in [3.05, 3.63) is 89.5 Å². The highest BCUT2D eigenvalue weighted by molar-refractivity contribution is 7.90. The molecule has 2 amide bonds. The van der Waals surface area contributed by atoms with E-state index in [1.165, 1.54) is 0 Å². The number of hydrogen-bond acceptors (Lipinski definition) is 6. The van der Waals surface area contributed by atoms with Gasteiger partial charge >= 0.3 is 12.1 Å². The molecule has 0 bridgehead atoms. The average Bonchev–Trinajstić information content (AvgIpc) is 3.15. The Hall–Kier alpha value is -4.18. The molecule has 1 aliphatic rings. The van der Waals surface area contributed by atoms with Crippen molar-refractivity contribution in [2.75, 3.05) is 13.2 Å². The summed E-state index contributed by atoms with van der Waals surface area (Å²) in [7, 11) is -4.23. The minimum atomic E-state index is -4.23. The second-order valence-electron chi connectivity index (χ2n) is 7.54. The Morgan fingerprint density at radius 3 is 1.97 bits per heavy atom. The molecule has 0 fully saturated rings. The van der Waals surface area contributed by atoms with Gasteiger partial charge in [0.1, 0.15) is 13.2 Å². The summed E-state index contributed by atoms with van der Waals surface area (Å²) in [6.45, 7) is -0.571. The summed E-state index contributed by atoms with van der Waals surface area (Å²) in [6.07, 6.45) is -0.861. The van der Waals surface area contributed by atoms with Crippen molar-refractivity contribution in [2.24, 2.45) is 0 Å². The lowest BCUT2D eigenvalue weighted by Crippen LogP contribution is -2.40. The molecule has 0 saturated carbocycles. The smallest absolute Gasteiger partial charge is 0.407 e. The van der Waals surface area contributed by atoms with E-state index in [4.69, 9.17) is 9.84 Å². The van der Waals surface area contributed by atoms with E-state index in [0.29, 0.717) is 0 Å². The summed E-state index contributed by atoms with van der Waals surface area (Å²) in [5.74, 6) is -2.34. The monoisotopic (exact) mass is 480 g/mol. The van der Waals surface area contributed by atoms with Crippen LogP contribution in [0, 0.1) is 0 Å². The van der Waals surface area contributed by atoms with Crippen LogP contribution in [0.1, 0.15) is 27.4 Å². The standard InChI is InChI=1S/C24H20N2O7S/c27-22(26-34(31,32)16-11-9-15(10-12-16)23(28)29)13-25-24(30)33-14-21-19-7-3-1-5-17(19)18-6-2-4-8-20(18)21/h1-12,21H,13-14H2,(H,25,30)(H,26,27)(H,28,29). The minimum Gasteiger partial charge on any atom is -0.478 e. The van der Waals surface area contributed by atoms with E-state index in [-0.39, 0.29) is 23.0 Å². The van der Waals surface area contributed by atoms with Gasteiger partial charge in [-0.1, -0.05) is 48.5 Å². The van der Waals surface area contributed by atoms with Crippen LogP contribution in [-0.4, -0.2) is 44.6 Å². The van der Waals surface area contributed by atoms with Gasteiger partial charge in [-0.2, -0.15) is 0 Å². The van der Waals surface area contributed by atoms with E-state index < -0.39 is 34.5 Å². The molecule has 9 nitrogen and oxygen atoms in total. The number of benzene rings is 3. The number of ether oxygens (including phenoxy) is 1. The fourth-order valence-corrected chi connectivity index (χ4v) is 4.81. The maximum Gasteiger partial charge on any atom is 0.407 e. The van der Waals surface area contributed by atoms with Crippen molar-refractivity contribution in [1.29, 1.82) is 0 Å². The topological polar surface area (TPSA) is 139 Å². The highest BCUT2D eigenvalue weighted by atomic mass is 32.2. The van der Waals surface area contributed by atoms with Crippen LogP contribution in [0.15, 0.2) is 77.7 Å². The molecule has 0 atom stereocenters. The third-order valence-electron chi connectivity index (χ3n) is 5.40. The molecule has 3 aromatic carbocycles. The van der Waals surface area contributed by atoms with Gasteiger partial charge in [0.25, 0.3) is 15.9 Å². The van der Waals surface area contributed by atoms with Gasteiger partial charge in [-0.25, -0.2) is 22.7 Å². The number of carbonyl (C=O) groups excluding carboxylic acids is 2. The molecule has 0 aromatic heterocycles. The fourth-order valence-electron chi connectivity index (χ4n) is 3.82. The molecule has 4 rings (SSSR count). The number of rotatable bonds is 7. The van der Waals surface area contributed by atoms with Crippen molar-refractivity contribution in [3.8, 4) is 11.1 Å². The summed E-state index contributed by atoms with van der Waals surface area (Å²) in [6, 6.07) is 20.0. The minimum absolute atomic E-state index is 0.0513.